The molecule has 1 aromatic heterocycles. The van der Waals surface area contributed by atoms with Crippen LogP contribution in [0.15, 0.2) is 42.5 Å². The Morgan fingerprint density at radius 3 is 2.58 bits per heavy atom. The number of esters is 1. The highest BCUT2D eigenvalue weighted by molar-refractivity contribution is 7.18. The van der Waals surface area contributed by atoms with Gasteiger partial charge in [0.05, 0.1) is 24.8 Å². The van der Waals surface area contributed by atoms with Crippen molar-refractivity contribution < 1.29 is 32.6 Å². The second-order valence-electron chi connectivity index (χ2n) is 8.38. The molecule has 0 aliphatic heterocycles. The van der Waals surface area contributed by atoms with Crippen LogP contribution >= 0.6 is 11.3 Å². The van der Waals surface area contributed by atoms with E-state index >= 15 is 0 Å². The van der Waals surface area contributed by atoms with Crippen LogP contribution in [0.25, 0.3) is 10.6 Å². The summed E-state index contributed by atoms with van der Waals surface area (Å²) in [5.41, 5.74) is 3.96. The Bertz CT molecular complexity index is 1380. The van der Waals surface area contributed by atoms with Crippen molar-refractivity contribution in [2.75, 3.05) is 19.0 Å². The highest BCUT2D eigenvalue weighted by Gasteiger charge is 2.24. The number of aromatic nitrogens is 2. The smallest absolute Gasteiger partial charge is 0.413 e. The molecule has 210 valence electrons. The van der Waals surface area contributed by atoms with E-state index in [9.17, 15) is 23.2 Å². The largest absolute Gasteiger partial charge is 0.469 e. The third-order valence-electron chi connectivity index (χ3n) is 5.62. The Labute approximate surface area is 232 Å². The first-order valence-electron chi connectivity index (χ1n) is 12.0. The standard InChI is InChI=1S/C26H26F2N6O5S/c1-16(35)34(30-14-19-5-3-7-21(27)23(19)28)20(6-4-8-22(36)38-2)15-39-26(37)31-25-33-32-24(40-25)18-11-9-17(13-29)10-12-18/h3,5,7,9-12,20,30H,4,6,8,14-15H2,1-2H3,(H,31,33,37)/t20-/m0/s1. The monoisotopic (exact) mass is 572 g/mol. The highest BCUT2D eigenvalue weighted by atomic mass is 32.1. The zero-order valence-corrected chi connectivity index (χ0v) is 22.5. The number of methoxy groups -OCH3 is 1. The Kier molecular flexibility index (Phi) is 11.0. The van der Waals surface area contributed by atoms with Crippen molar-refractivity contribution in [3.05, 3.63) is 65.2 Å². The number of rotatable bonds is 12. The van der Waals surface area contributed by atoms with E-state index in [1.165, 1.54) is 26.2 Å². The molecular weight excluding hydrogens is 546 g/mol. The van der Waals surface area contributed by atoms with Crippen molar-refractivity contribution in [1.82, 2.24) is 20.6 Å². The molecule has 11 nitrogen and oxygen atoms in total. The van der Waals surface area contributed by atoms with Crippen LogP contribution in [0.5, 0.6) is 0 Å². The number of hydrogen-bond acceptors (Lipinski definition) is 10. The maximum atomic E-state index is 14.1. The Hall–Kier alpha value is -4.48. The van der Waals surface area contributed by atoms with Gasteiger partial charge < -0.3 is 9.47 Å². The predicted molar refractivity (Wildman–Crippen MR) is 140 cm³/mol. The van der Waals surface area contributed by atoms with Crippen molar-refractivity contribution in [2.24, 2.45) is 0 Å². The van der Waals surface area contributed by atoms with Crippen LogP contribution in [0.1, 0.15) is 37.3 Å². The molecule has 14 heteroatoms. The van der Waals surface area contributed by atoms with Gasteiger partial charge >= 0.3 is 12.1 Å². The maximum Gasteiger partial charge on any atom is 0.413 e. The number of hydrazine groups is 1. The van der Waals surface area contributed by atoms with Gasteiger partial charge in [-0.2, -0.15) is 5.26 Å². The second-order valence-corrected chi connectivity index (χ2v) is 9.36. The number of anilines is 1. The van der Waals surface area contributed by atoms with E-state index in [1.54, 1.807) is 24.3 Å². The molecule has 3 aromatic rings. The van der Waals surface area contributed by atoms with Gasteiger partial charge in [-0.25, -0.2) is 19.0 Å². The molecule has 0 saturated heterocycles. The van der Waals surface area contributed by atoms with Crippen molar-refractivity contribution in [2.45, 2.75) is 38.8 Å². The molecule has 0 aliphatic carbocycles. The number of halogens is 2. The summed E-state index contributed by atoms with van der Waals surface area (Å²) in [5.74, 6) is -2.99. The summed E-state index contributed by atoms with van der Waals surface area (Å²) in [6.07, 6.45) is -0.277. The fourth-order valence-electron chi connectivity index (χ4n) is 3.60. The van der Waals surface area contributed by atoms with Gasteiger partial charge in [-0.1, -0.05) is 35.6 Å². The van der Waals surface area contributed by atoms with E-state index in [0.29, 0.717) is 22.6 Å². The molecule has 0 aliphatic rings. The van der Waals surface area contributed by atoms with Crippen LogP contribution in [0.3, 0.4) is 0 Å². The Morgan fingerprint density at radius 1 is 1.15 bits per heavy atom. The third-order valence-corrected chi connectivity index (χ3v) is 6.51. The van der Waals surface area contributed by atoms with Gasteiger partial charge in [-0.3, -0.25) is 19.9 Å². The number of carbonyl (C=O) groups is 3. The lowest BCUT2D eigenvalue weighted by Gasteiger charge is -2.31. The average molecular weight is 573 g/mol. The minimum atomic E-state index is -1.05. The number of nitriles is 1. The molecule has 0 spiro atoms. The number of carbonyl (C=O) groups excluding carboxylic acids is 3. The molecule has 3 rings (SSSR count). The number of amides is 2. The molecular formula is C26H26F2N6O5S. The normalized spacial score (nSPS) is 11.3. The van der Waals surface area contributed by atoms with Crippen LogP contribution < -0.4 is 10.7 Å². The minimum absolute atomic E-state index is 0.00689. The summed E-state index contributed by atoms with van der Waals surface area (Å²) in [6.45, 7) is 0.756. The third kappa shape index (κ3) is 8.52. The molecule has 0 unspecified atom stereocenters. The number of hydrogen-bond donors (Lipinski definition) is 2. The topological polar surface area (TPSA) is 147 Å². The lowest BCUT2D eigenvalue weighted by Crippen LogP contribution is -2.50. The van der Waals surface area contributed by atoms with Gasteiger partial charge in [0, 0.05) is 31.0 Å². The fourth-order valence-corrected chi connectivity index (χ4v) is 4.33. The second kappa shape index (κ2) is 14.6. The van der Waals surface area contributed by atoms with Crippen molar-refractivity contribution >= 4 is 34.4 Å². The highest BCUT2D eigenvalue weighted by Crippen LogP contribution is 2.26. The molecule has 0 bridgehead atoms. The molecule has 1 atom stereocenters. The minimum Gasteiger partial charge on any atom is -0.469 e. The predicted octanol–water partition coefficient (Wildman–Crippen LogP) is 4.17. The average Bonchev–Trinajstić information content (AvgIpc) is 3.41. The van der Waals surface area contributed by atoms with Gasteiger partial charge in [0.1, 0.15) is 11.6 Å². The summed E-state index contributed by atoms with van der Waals surface area (Å²) in [5, 5.41) is 21.2. The fraction of sp³-hybridized carbons (Fsp3) is 0.308. The Morgan fingerprint density at radius 2 is 1.90 bits per heavy atom. The van der Waals surface area contributed by atoms with Crippen LogP contribution in [0.4, 0.5) is 18.7 Å². The first-order chi connectivity index (χ1) is 19.2. The lowest BCUT2D eigenvalue weighted by atomic mass is 10.1. The molecule has 2 amide bonds. The summed E-state index contributed by atoms with van der Waals surface area (Å²) >= 11 is 1.09. The van der Waals surface area contributed by atoms with E-state index in [-0.39, 0.29) is 36.7 Å². The van der Waals surface area contributed by atoms with Gasteiger partial charge in [0.25, 0.3) is 0 Å². The zero-order valence-electron chi connectivity index (χ0n) is 21.6. The van der Waals surface area contributed by atoms with Crippen LogP contribution in [0, 0.1) is 23.0 Å². The van der Waals surface area contributed by atoms with Gasteiger partial charge in [0.2, 0.25) is 11.0 Å². The molecule has 40 heavy (non-hydrogen) atoms. The Balaban J connectivity index is 1.65. The van der Waals surface area contributed by atoms with Crippen LogP contribution in [0.2, 0.25) is 0 Å². The molecule has 2 aromatic carbocycles. The molecule has 0 radical (unpaired) electrons. The van der Waals surface area contributed by atoms with Gasteiger partial charge in [0.15, 0.2) is 11.6 Å². The maximum absolute atomic E-state index is 14.1. The van der Waals surface area contributed by atoms with E-state index in [2.05, 4.69) is 25.7 Å². The van der Waals surface area contributed by atoms with E-state index in [1.807, 2.05) is 6.07 Å². The molecule has 1 heterocycles. The summed E-state index contributed by atoms with van der Waals surface area (Å²) in [4.78, 5) is 36.5. The van der Waals surface area contributed by atoms with Crippen molar-refractivity contribution in [3.8, 4) is 16.6 Å². The molecule has 2 N–H and O–H groups in total. The van der Waals surface area contributed by atoms with Crippen molar-refractivity contribution in [3.63, 3.8) is 0 Å². The molecule has 0 fully saturated rings. The number of benzene rings is 2. The van der Waals surface area contributed by atoms with Crippen LogP contribution in [-0.4, -0.2) is 52.9 Å². The SMILES string of the molecule is COC(=O)CCC[C@@H](COC(=O)Nc1nnc(-c2ccc(C#N)cc2)s1)N(NCc1cccc(F)c1F)C(C)=O. The van der Waals surface area contributed by atoms with E-state index < -0.39 is 35.6 Å². The molecule has 0 saturated carbocycles. The zero-order chi connectivity index (χ0) is 29.1. The number of nitrogens with one attached hydrogen (secondary N) is 2. The van der Waals surface area contributed by atoms with E-state index in [4.69, 9.17) is 10.00 Å². The van der Waals surface area contributed by atoms with E-state index in [0.717, 1.165) is 22.4 Å². The van der Waals surface area contributed by atoms with Crippen LogP contribution in [-0.2, 0) is 25.6 Å². The first-order valence-corrected chi connectivity index (χ1v) is 12.8. The lowest BCUT2D eigenvalue weighted by molar-refractivity contribution is -0.140. The van der Waals surface area contributed by atoms with Gasteiger partial charge in [-0.05, 0) is 31.0 Å². The number of ether oxygens (including phenoxy) is 2. The number of nitrogens with zero attached hydrogens (tertiary/aromatic N) is 4. The van der Waals surface area contributed by atoms with Gasteiger partial charge in [-0.15, -0.1) is 10.2 Å². The summed E-state index contributed by atoms with van der Waals surface area (Å²) < 4.78 is 37.7. The first kappa shape index (κ1) is 30.1. The summed E-state index contributed by atoms with van der Waals surface area (Å²) in [7, 11) is 1.25. The summed E-state index contributed by atoms with van der Waals surface area (Å²) in [6, 6.07) is 11.6. The van der Waals surface area contributed by atoms with Crippen molar-refractivity contribution in [1.29, 1.82) is 5.26 Å². The quantitative estimate of drug-likeness (QED) is 0.241.